The summed E-state index contributed by atoms with van der Waals surface area (Å²) >= 11 is 0. The van der Waals surface area contributed by atoms with E-state index < -0.39 is 22.5 Å². The van der Waals surface area contributed by atoms with Gasteiger partial charge in [0.15, 0.2) is 0 Å². The van der Waals surface area contributed by atoms with Gasteiger partial charge in [0.25, 0.3) is 0 Å². The van der Waals surface area contributed by atoms with E-state index in [2.05, 4.69) is 28.0 Å². The molecule has 0 unspecified atom stereocenters. The molecule has 0 aliphatic carbocycles. The van der Waals surface area contributed by atoms with E-state index in [0.29, 0.717) is 0 Å². The molecule has 0 radical (unpaired) electrons. The lowest BCUT2D eigenvalue weighted by atomic mass is 10.4. The van der Waals surface area contributed by atoms with E-state index in [-0.39, 0.29) is 0 Å². The van der Waals surface area contributed by atoms with Crippen molar-refractivity contribution >= 4 is 22.5 Å². The summed E-state index contributed by atoms with van der Waals surface area (Å²) in [5, 5.41) is 0. The van der Waals surface area contributed by atoms with Gasteiger partial charge in [0.2, 0.25) is 22.5 Å². The Hall–Kier alpha value is 0.450. The average Bonchev–Trinajstić information content (AvgIpc) is 3.49. The summed E-state index contributed by atoms with van der Waals surface area (Å²) in [6, 6.07) is 0. The van der Waals surface area contributed by atoms with Gasteiger partial charge in [0.1, 0.15) is 0 Å². The van der Waals surface area contributed by atoms with Crippen LogP contribution in [0.5, 0.6) is 0 Å². The van der Waals surface area contributed by atoms with Gasteiger partial charge in [-0.05, 0) is 51.4 Å². The predicted octanol–water partition coefficient (Wildman–Crippen LogP) is 4.85. The van der Waals surface area contributed by atoms with Crippen molar-refractivity contribution in [2.45, 2.75) is 51.4 Å². The molecule has 0 spiro atoms. The van der Waals surface area contributed by atoms with E-state index in [1.54, 1.807) is 0 Å². The van der Waals surface area contributed by atoms with Crippen LogP contribution in [-0.2, 0) is 0 Å². The molecular weight excluding hydrogens is 459 g/mol. The van der Waals surface area contributed by atoms with Gasteiger partial charge < -0.3 is 0 Å². The maximum atomic E-state index is 6.16. The number of rotatable bonds is 6. The Balaban J connectivity index is 1.52. The molecule has 0 atom stereocenters. The summed E-state index contributed by atoms with van der Waals surface area (Å²) in [5.41, 5.74) is 0. The molecule has 180 valence electrons. The fraction of sp³-hybridized carbons (Fsp3) is 1.00. The van der Waals surface area contributed by atoms with E-state index in [0.717, 1.165) is 0 Å². The van der Waals surface area contributed by atoms with Crippen LogP contribution in [0, 0.1) is 0 Å². The minimum absolute atomic E-state index is 1.19. The second kappa shape index (κ2) is 8.25. The Morgan fingerprint density at radius 2 is 0.469 bits per heavy atom. The number of nitrogens with zero attached hydrogens (tertiary/aromatic N) is 9. The molecule has 7 heterocycles. The first kappa shape index (κ1) is 21.7. The minimum atomic E-state index is -2.11. The topological polar surface area (TPSA) is 56.1 Å². The smallest absolute Gasteiger partial charge is 0.221 e. The van der Waals surface area contributed by atoms with E-state index >= 15 is 0 Å². The first-order chi connectivity index (χ1) is 15.8. The summed E-state index contributed by atoms with van der Waals surface area (Å²) in [7, 11) is -6.22. The van der Waals surface area contributed by atoms with E-state index in [9.17, 15) is 0 Å². The van der Waals surface area contributed by atoms with Crippen LogP contribution in [0.15, 0.2) is 13.5 Å². The summed E-state index contributed by atoms with van der Waals surface area (Å²) < 4.78 is 34.8. The Morgan fingerprint density at radius 3 is 0.656 bits per heavy atom. The molecule has 0 amide bonds. The lowest BCUT2D eigenvalue weighted by Gasteiger charge is -2.48. The predicted molar refractivity (Wildman–Crippen MR) is 134 cm³/mol. The molecule has 7 aliphatic rings. The fourth-order valence-corrected chi connectivity index (χ4v) is 22.5. The molecule has 0 saturated carbocycles. The highest BCUT2D eigenvalue weighted by molar-refractivity contribution is 7.83. The fourth-order valence-electron chi connectivity index (χ4n) is 6.25. The molecule has 0 bridgehead atoms. The summed E-state index contributed by atoms with van der Waals surface area (Å²) in [4.78, 5) is 0. The molecular formula is C20H40N9P3. The summed E-state index contributed by atoms with van der Waals surface area (Å²) in [5.74, 6) is 0. The third-order valence-corrected chi connectivity index (χ3v) is 20.9. The van der Waals surface area contributed by atoms with Gasteiger partial charge in [-0.25, -0.2) is 28.0 Å². The quantitative estimate of drug-likeness (QED) is 0.385. The Bertz CT molecular complexity index is 812. The third kappa shape index (κ3) is 3.38. The normalized spacial score (nSPS) is 35.6. The van der Waals surface area contributed by atoms with Crippen LogP contribution in [0.2, 0.25) is 0 Å². The zero-order valence-electron chi connectivity index (χ0n) is 19.5. The third-order valence-electron chi connectivity index (χ3n) is 8.17. The van der Waals surface area contributed by atoms with Crippen LogP contribution in [0.1, 0.15) is 51.4 Å². The van der Waals surface area contributed by atoms with Crippen molar-refractivity contribution in [3.8, 4) is 0 Å². The Kier molecular flexibility index (Phi) is 5.60. The van der Waals surface area contributed by atoms with Crippen LogP contribution >= 0.6 is 22.5 Å². The Labute approximate surface area is 194 Å². The van der Waals surface area contributed by atoms with Crippen LogP contribution < -0.4 is 0 Å². The molecule has 0 aromatic heterocycles. The van der Waals surface area contributed by atoms with Crippen molar-refractivity contribution in [3.63, 3.8) is 0 Å². The van der Waals surface area contributed by atoms with Crippen molar-refractivity contribution in [1.29, 1.82) is 0 Å². The lowest BCUT2D eigenvalue weighted by Crippen LogP contribution is -2.33. The second-order valence-corrected chi connectivity index (χ2v) is 19.2. The van der Waals surface area contributed by atoms with Crippen molar-refractivity contribution < 1.29 is 0 Å². The van der Waals surface area contributed by atoms with Crippen LogP contribution in [0.3, 0.4) is 0 Å². The molecule has 6 fully saturated rings. The summed E-state index contributed by atoms with van der Waals surface area (Å²) in [6.07, 6.45) is 10.5. The molecule has 7 aliphatic heterocycles. The minimum Gasteiger partial charge on any atom is -0.240 e. The molecule has 0 N–H and O–H groups in total. The van der Waals surface area contributed by atoms with Gasteiger partial charge in [-0.15, -0.1) is 0 Å². The standard InChI is InChI=1S/C20H40N9P3/c1-2-10-24(9-1)30(25-11-3-4-12-25)21-31(26-13-5-6-14-26,27-15-7-8-16-27)23-32(22-30,28-17-18-28)29-19-20-29/h1-20H2. The van der Waals surface area contributed by atoms with Crippen LogP contribution in [0.4, 0.5) is 0 Å². The zero-order chi connectivity index (χ0) is 21.2. The van der Waals surface area contributed by atoms with E-state index in [1.165, 1.54) is 130 Å². The first-order valence-corrected chi connectivity index (χ1v) is 18.0. The molecule has 32 heavy (non-hydrogen) atoms. The van der Waals surface area contributed by atoms with Crippen molar-refractivity contribution in [2.75, 3.05) is 78.5 Å². The van der Waals surface area contributed by atoms with Crippen LogP contribution in [0.25, 0.3) is 0 Å². The highest BCUT2D eigenvalue weighted by atomic mass is 31.3. The highest BCUT2D eigenvalue weighted by Gasteiger charge is 2.56. The maximum Gasteiger partial charge on any atom is 0.221 e. The summed E-state index contributed by atoms with van der Waals surface area (Å²) in [6.45, 7) is 14.3. The zero-order valence-corrected chi connectivity index (χ0v) is 22.2. The first-order valence-electron chi connectivity index (χ1n) is 13.2. The van der Waals surface area contributed by atoms with Gasteiger partial charge in [-0.2, -0.15) is 13.5 Å². The Morgan fingerprint density at radius 1 is 0.281 bits per heavy atom. The van der Waals surface area contributed by atoms with Gasteiger partial charge in [-0.3, -0.25) is 0 Å². The second-order valence-electron chi connectivity index (χ2n) is 10.4. The SMILES string of the molecule is C1CCN(P2(N3CCCC3)=NP(N3CCCC3)(N3CCCC3)=NP(N3CC3)(N3CC3)=N2)C1. The highest BCUT2D eigenvalue weighted by Crippen LogP contribution is 2.85. The average molecular weight is 500 g/mol. The van der Waals surface area contributed by atoms with Crippen molar-refractivity contribution in [2.24, 2.45) is 13.5 Å². The van der Waals surface area contributed by atoms with Crippen molar-refractivity contribution in [3.05, 3.63) is 0 Å². The largest absolute Gasteiger partial charge is 0.240 e. The van der Waals surface area contributed by atoms with Gasteiger partial charge in [0.05, 0.1) is 0 Å². The maximum absolute atomic E-state index is 6.16. The molecule has 6 saturated heterocycles. The lowest BCUT2D eigenvalue weighted by molar-refractivity contribution is 0.450. The van der Waals surface area contributed by atoms with Crippen molar-refractivity contribution in [1.82, 2.24) is 28.0 Å². The molecule has 12 heteroatoms. The monoisotopic (exact) mass is 499 g/mol. The van der Waals surface area contributed by atoms with E-state index in [1.807, 2.05) is 0 Å². The molecule has 9 nitrogen and oxygen atoms in total. The van der Waals surface area contributed by atoms with Gasteiger partial charge >= 0.3 is 0 Å². The number of hydrogen-bond donors (Lipinski definition) is 0. The van der Waals surface area contributed by atoms with Gasteiger partial charge in [-0.1, -0.05) is 0 Å². The van der Waals surface area contributed by atoms with Gasteiger partial charge in [0, 0.05) is 78.5 Å². The molecule has 0 aromatic rings. The van der Waals surface area contributed by atoms with E-state index in [4.69, 9.17) is 13.5 Å². The van der Waals surface area contributed by atoms with Crippen LogP contribution in [-0.4, -0.2) is 107 Å². The number of hydrogen-bond acceptors (Lipinski definition) is 9. The molecule has 0 aromatic carbocycles. The molecule has 7 rings (SSSR count).